The summed E-state index contributed by atoms with van der Waals surface area (Å²) in [6.45, 7) is 5.74. The summed E-state index contributed by atoms with van der Waals surface area (Å²) in [6.07, 6.45) is 0.915. The molecule has 0 bridgehead atoms. The number of rotatable bonds is 5. The fourth-order valence-corrected chi connectivity index (χ4v) is 5.84. The van der Waals surface area contributed by atoms with Gasteiger partial charge in [-0.25, -0.2) is 13.4 Å². The van der Waals surface area contributed by atoms with Crippen LogP contribution in [0.4, 0.5) is 23.1 Å². The number of fused-ring (bicyclic) bond motifs is 1. The molecule has 2 aliphatic heterocycles. The zero-order chi connectivity index (χ0) is 24.6. The number of hydrogen-bond acceptors (Lipinski definition) is 7. The van der Waals surface area contributed by atoms with Crippen LogP contribution in [0, 0.1) is 13.8 Å². The molecule has 182 valence electrons. The minimum absolute atomic E-state index is 0.0404. The minimum atomic E-state index is -3.63. The van der Waals surface area contributed by atoms with Gasteiger partial charge in [0.05, 0.1) is 4.90 Å². The molecule has 9 nitrogen and oxygen atoms in total. The Bertz CT molecular complexity index is 1370. The Morgan fingerprint density at radius 2 is 1.66 bits per heavy atom. The number of aryl methyl sites for hydroxylation is 3. The fourth-order valence-electron chi connectivity index (χ4n) is 4.36. The highest BCUT2D eigenvalue weighted by Crippen LogP contribution is 2.28. The summed E-state index contributed by atoms with van der Waals surface area (Å²) in [5.74, 6) is 1.25. The summed E-state index contributed by atoms with van der Waals surface area (Å²) in [6, 6.07) is 14.9. The molecule has 5 rings (SSSR count). The van der Waals surface area contributed by atoms with Crippen LogP contribution in [-0.4, -0.2) is 54.8 Å². The van der Waals surface area contributed by atoms with Gasteiger partial charge in [-0.1, -0.05) is 17.7 Å². The first kappa shape index (κ1) is 23.3. The van der Waals surface area contributed by atoms with E-state index in [0.29, 0.717) is 50.7 Å². The number of hydrogen-bond donors (Lipinski definition) is 2. The number of nitrogens with zero attached hydrogens (tertiary/aromatic N) is 4. The van der Waals surface area contributed by atoms with Gasteiger partial charge in [0, 0.05) is 55.7 Å². The number of sulfonamides is 1. The predicted octanol–water partition coefficient (Wildman–Crippen LogP) is 3.23. The Balaban J connectivity index is 1.28. The van der Waals surface area contributed by atoms with Crippen molar-refractivity contribution in [2.24, 2.45) is 0 Å². The first-order valence-corrected chi connectivity index (χ1v) is 13.1. The average molecular weight is 493 g/mol. The van der Waals surface area contributed by atoms with Gasteiger partial charge in [-0.15, -0.1) is 0 Å². The molecule has 1 saturated heterocycles. The maximum atomic E-state index is 13.3. The summed E-state index contributed by atoms with van der Waals surface area (Å²) in [4.78, 5) is 23.1. The van der Waals surface area contributed by atoms with Crippen molar-refractivity contribution in [3.8, 4) is 0 Å². The van der Waals surface area contributed by atoms with Crippen molar-refractivity contribution < 1.29 is 13.2 Å². The van der Waals surface area contributed by atoms with Crippen LogP contribution in [0.5, 0.6) is 0 Å². The number of nitrogens with one attached hydrogen (secondary N) is 2. The SMILES string of the molecule is Cc1ccc(Nc2nc(C)cc(N3CCN(S(=O)(=O)c4ccc5c(c4)CCC(=O)N5)CC3)n2)cc1. The third-order valence-electron chi connectivity index (χ3n) is 6.32. The lowest BCUT2D eigenvalue weighted by molar-refractivity contribution is -0.116. The molecule has 0 unspecified atom stereocenters. The number of carbonyl (C=O) groups excluding carboxylic acids is 1. The van der Waals surface area contributed by atoms with Gasteiger partial charge in [0.15, 0.2) is 0 Å². The van der Waals surface area contributed by atoms with E-state index in [2.05, 4.69) is 25.5 Å². The highest BCUT2D eigenvalue weighted by molar-refractivity contribution is 7.89. The second kappa shape index (κ2) is 9.27. The monoisotopic (exact) mass is 492 g/mol. The summed E-state index contributed by atoms with van der Waals surface area (Å²) in [5, 5.41) is 6.05. The van der Waals surface area contributed by atoms with E-state index in [1.165, 1.54) is 9.87 Å². The van der Waals surface area contributed by atoms with E-state index in [9.17, 15) is 13.2 Å². The highest BCUT2D eigenvalue weighted by atomic mass is 32.2. The Kier molecular flexibility index (Phi) is 6.16. The van der Waals surface area contributed by atoms with E-state index < -0.39 is 10.0 Å². The van der Waals surface area contributed by atoms with Crippen LogP contribution in [0.3, 0.4) is 0 Å². The maximum absolute atomic E-state index is 13.3. The number of piperazine rings is 1. The largest absolute Gasteiger partial charge is 0.354 e. The number of carbonyl (C=O) groups is 1. The molecule has 10 heteroatoms. The Labute approximate surface area is 205 Å². The van der Waals surface area contributed by atoms with E-state index in [1.807, 2.05) is 44.2 Å². The van der Waals surface area contributed by atoms with Crippen molar-refractivity contribution in [1.29, 1.82) is 0 Å². The van der Waals surface area contributed by atoms with Gasteiger partial charge in [0.1, 0.15) is 5.82 Å². The second-order valence-corrected chi connectivity index (χ2v) is 10.9. The van der Waals surface area contributed by atoms with Crippen molar-refractivity contribution in [1.82, 2.24) is 14.3 Å². The third-order valence-corrected chi connectivity index (χ3v) is 8.22. The van der Waals surface area contributed by atoms with E-state index in [4.69, 9.17) is 0 Å². The molecule has 0 aliphatic carbocycles. The maximum Gasteiger partial charge on any atom is 0.243 e. The van der Waals surface area contributed by atoms with Crippen molar-refractivity contribution in [3.63, 3.8) is 0 Å². The van der Waals surface area contributed by atoms with Crippen molar-refractivity contribution in [3.05, 3.63) is 65.4 Å². The van der Waals surface area contributed by atoms with Crippen LogP contribution in [0.2, 0.25) is 0 Å². The van der Waals surface area contributed by atoms with Crippen molar-refractivity contribution in [2.45, 2.75) is 31.6 Å². The summed E-state index contributed by atoms with van der Waals surface area (Å²) in [5.41, 5.74) is 4.47. The molecular formula is C25H28N6O3S. The lowest BCUT2D eigenvalue weighted by atomic mass is 10.0. The topological polar surface area (TPSA) is 108 Å². The number of benzene rings is 2. The smallest absolute Gasteiger partial charge is 0.243 e. The summed E-state index contributed by atoms with van der Waals surface area (Å²) < 4.78 is 28.1. The first-order chi connectivity index (χ1) is 16.8. The Morgan fingerprint density at radius 3 is 2.40 bits per heavy atom. The third kappa shape index (κ3) is 4.98. The van der Waals surface area contributed by atoms with E-state index >= 15 is 0 Å². The molecule has 1 amide bonds. The van der Waals surface area contributed by atoms with Crippen LogP contribution < -0.4 is 15.5 Å². The van der Waals surface area contributed by atoms with Crippen LogP contribution in [0.25, 0.3) is 0 Å². The zero-order valence-electron chi connectivity index (χ0n) is 19.8. The molecule has 1 aromatic heterocycles. The lowest BCUT2D eigenvalue weighted by Gasteiger charge is -2.35. The molecule has 2 N–H and O–H groups in total. The van der Waals surface area contributed by atoms with Crippen LogP contribution in [0.1, 0.15) is 23.2 Å². The Hall–Kier alpha value is -3.50. The Morgan fingerprint density at radius 1 is 0.914 bits per heavy atom. The van der Waals surface area contributed by atoms with Gasteiger partial charge in [-0.2, -0.15) is 9.29 Å². The minimum Gasteiger partial charge on any atom is -0.354 e. The number of anilines is 4. The van der Waals surface area contributed by atoms with Crippen LogP contribution in [0.15, 0.2) is 53.4 Å². The molecule has 1 fully saturated rings. The molecule has 35 heavy (non-hydrogen) atoms. The lowest BCUT2D eigenvalue weighted by Crippen LogP contribution is -2.49. The summed E-state index contributed by atoms with van der Waals surface area (Å²) >= 11 is 0. The van der Waals surface area contributed by atoms with Gasteiger partial charge in [0.25, 0.3) is 0 Å². The molecule has 0 atom stereocenters. The molecule has 0 saturated carbocycles. The van der Waals surface area contributed by atoms with E-state index in [0.717, 1.165) is 22.8 Å². The highest BCUT2D eigenvalue weighted by Gasteiger charge is 2.30. The van der Waals surface area contributed by atoms with Crippen LogP contribution >= 0.6 is 0 Å². The van der Waals surface area contributed by atoms with Gasteiger partial charge < -0.3 is 15.5 Å². The normalized spacial score (nSPS) is 16.5. The molecular weight excluding hydrogens is 464 g/mol. The molecule has 2 aromatic carbocycles. The zero-order valence-corrected chi connectivity index (χ0v) is 20.6. The quantitative estimate of drug-likeness (QED) is 0.563. The predicted molar refractivity (Wildman–Crippen MR) is 136 cm³/mol. The van der Waals surface area contributed by atoms with E-state index in [1.54, 1.807) is 18.2 Å². The van der Waals surface area contributed by atoms with E-state index in [-0.39, 0.29) is 10.8 Å². The standard InChI is InChI=1S/C25H28N6O3S/c1-17-3-6-20(7-4-17)27-25-26-18(2)15-23(29-25)30-11-13-31(14-12-30)35(33,34)21-8-9-22-19(16-21)5-10-24(32)28-22/h3-4,6-9,15-16H,5,10-14H2,1-2H3,(H,28,32)(H,26,27,29). The molecule has 0 radical (unpaired) electrons. The van der Waals surface area contributed by atoms with Gasteiger partial charge in [-0.05, 0) is 56.2 Å². The molecule has 0 spiro atoms. The fraction of sp³-hybridized carbons (Fsp3) is 0.320. The average Bonchev–Trinajstić information content (AvgIpc) is 2.85. The van der Waals surface area contributed by atoms with Crippen molar-refractivity contribution >= 4 is 39.1 Å². The molecule has 3 heterocycles. The molecule has 2 aliphatic rings. The number of amides is 1. The summed E-state index contributed by atoms with van der Waals surface area (Å²) in [7, 11) is -3.63. The second-order valence-electron chi connectivity index (χ2n) is 8.94. The van der Waals surface area contributed by atoms with Gasteiger partial charge in [-0.3, -0.25) is 4.79 Å². The van der Waals surface area contributed by atoms with Gasteiger partial charge >= 0.3 is 0 Å². The molecule has 3 aromatic rings. The van der Waals surface area contributed by atoms with Crippen molar-refractivity contribution in [2.75, 3.05) is 41.7 Å². The number of aromatic nitrogens is 2. The van der Waals surface area contributed by atoms with Crippen LogP contribution in [-0.2, 0) is 21.2 Å². The first-order valence-electron chi connectivity index (χ1n) is 11.7. The van der Waals surface area contributed by atoms with Gasteiger partial charge in [0.2, 0.25) is 21.9 Å².